The highest BCUT2D eigenvalue weighted by molar-refractivity contribution is 7.99. The Balaban J connectivity index is 1.33. The molecule has 1 heterocycles. The normalized spacial score (nSPS) is 10.9. The molecule has 0 saturated heterocycles. The summed E-state index contributed by atoms with van der Waals surface area (Å²) < 4.78 is 12.7. The van der Waals surface area contributed by atoms with Gasteiger partial charge >= 0.3 is 5.97 Å². The molecular weight excluding hydrogens is 490 g/mol. The van der Waals surface area contributed by atoms with Crippen molar-refractivity contribution in [3.05, 3.63) is 95.3 Å². The van der Waals surface area contributed by atoms with Gasteiger partial charge in [0.15, 0.2) is 16.7 Å². The Morgan fingerprint density at radius 3 is 2.49 bits per heavy atom. The first-order valence-electron chi connectivity index (χ1n) is 11.3. The predicted octanol–water partition coefficient (Wildman–Crippen LogP) is 4.35. The van der Waals surface area contributed by atoms with Crippen molar-refractivity contribution >= 4 is 29.9 Å². The first-order chi connectivity index (χ1) is 17.9. The molecule has 0 aliphatic carbocycles. The minimum atomic E-state index is -0.484. The van der Waals surface area contributed by atoms with Crippen LogP contribution in [0, 0.1) is 13.8 Å². The molecule has 0 atom stereocenters. The quantitative estimate of drug-likeness (QED) is 0.116. The molecule has 188 valence electrons. The number of nitrogens with zero attached hydrogens (tertiary/aromatic N) is 4. The lowest BCUT2D eigenvalue weighted by molar-refractivity contribution is -0.118. The lowest BCUT2D eigenvalue weighted by atomic mass is 10.1. The second-order valence-corrected chi connectivity index (χ2v) is 8.89. The third-order valence-corrected chi connectivity index (χ3v) is 6.15. The Labute approximate surface area is 218 Å². The van der Waals surface area contributed by atoms with E-state index in [9.17, 15) is 9.59 Å². The molecule has 1 N–H and O–H groups in total. The Hall–Kier alpha value is -4.44. The van der Waals surface area contributed by atoms with Crippen molar-refractivity contribution in [1.29, 1.82) is 0 Å². The smallest absolute Gasteiger partial charge is 0.343 e. The number of aryl methyl sites for hydroxylation is 2. The molecule has 9 nitrogen and oxygen atoms in total. The van der Waals surface area contributed by atoms with Gasteiger partial charge < -0.3 is 9.47 Å². The molecule has 0 bridgehead atoms. The summed E-state index contributed by atoms with van der Waals surface area (Å²) in [6, 6.07) is 21.8. The van der Waals surface area contributed by atoms with Crippen molar-refractivity contribution in [1.82, 2.24) is 20.2 Å². The number of benzene rings is 3. The number of esters is 1. The highest BCUT2D eigenvalue weighted by Crippen LogP contribution is 2.28. The van der Waals surface area contributed by atoms with Gasteiger partial charge in [0.2, 0.25) is 0 Å². The van der Waals surface area contributed by atoms with Gasteiger partial charge in [-0.25, -0.2) is 10.2 Å². The van der Waals surface area contributed by atoms with Gasteiger partial charge in [0.05, 0.1) is 24.6 Å². The molecule has 4 rings (SSSR count). The second-order valence-electron chi connectivity index (χ2n) is 7.95. The summed E-state index contributed by atoms with van der Waals surface area (Å²) in [7, 11) is 1.48. The molecule has 0 saturated carbocycles. The van der Waals surface area contributed by atoms with E-state index in [4.69, 9.17) is 9.47 Å². The highest BCUT2D eigenvalue weighted by Gasteiger charge is 2.14. The fraction of sp³-hybridized carbons (Fsp3) is 0.148. The zero-order chi connectivity index (χ0) is 26.2. The van der Waals surface area contributed by atoms with Crippen LogP contribution in [0.3, 0.4) is 0 Å². The van der Waals surface area contributed by atoms with Gasteiger partial charge in [0.25, 0.3) is 5.91 Å². The molecular formula is C27H25N5O4S. The number of carbonyl (C=O) groups excluding carboxylic acids is 2. The van der Waals surface area contributed by atoms with E-state index in [0.717, 1.165) is 17.1 Å². The minimum absolute atomic E-state index is 0.111. The second kappa shape index (κ2) is 12.0. The molecule has 1 aromatic heterocycles. The van der Waals surface area contributed by atoms with Gasteiger partial charge in [0.1, 0.15) is 5.82 Å². The standard InChI is InChI=1S/C27H25N5O4S/c1-18-9-12-21(13-10-18)26(34)36-23-14-11-20(15-24(23)35-3)16-28-30-25(33)17-37-27-31-29-19(2)32(27)22-7-5-4-6-8-22/h4-16H,17H2,1-3H3,(H,30,33)/b28-16+. The van der Waals surface area contributed by atoms with Crippen LogP contribution in [0.25, 0.3) is 5.69 Å². The monoisotopic (exact) mass is 515 g/mol. The largest absolute Gasteiger partial charge is 0.493 e. The van der Waals surface area contributed by atoms with E-state index in [-0.39, 0.29) is 17.4 Å². The lowest BCUT2D eigenvalue weighted by Crippen LogP contribution is -2.20. The van der Waals surface area contributed by atoms with Crippen LogP contribution < -0.4 is 14.9 Å². The average Bonchev–Trinajstić information content (AvgIpc) is 3.29. The third kappa shape index (κ3) is 6.62. The molecule has 4 aromatic rings. The summed E-state index contributed by atoms with van der Waals surface area (Å²) in [5.41, 5.74) is 5.57. The van der Waals surface area contributed by atoms with E-state index in [1.54, 1.807) is 30.3 Å². The van der Waals surface area contributed by atoms with Crippen LogP contribution in [0.15, 0.2) is 83.1 Å². The molecule has 0 radical (unpaired) electrons. The van der Waals surface area contributed by atoms with E-state index in [1.807, 2.05) is 60.9 Å². The van der Waals surface area contributed by atoms with E-state index in [2.05, 4.69) is 20.7 Å². The Kier molecular flexibility index (Phi) is 8.32. The fourth-order valence-corrected chi connectivity index (χ4v) is 4.14. The van der Waals surface area contributed by atoms with Crippen molar-refractivity contribution in [2.24, 2.45) is 5.10 Å². The minimum Gasteiger partial charge on any atom is -0.493 e. The van der Waals surface area contributed by atoms with Crippen LogP contribution in [0.5, 0.6) is 11.5 Å². The van der Waals surface area contributed by atoms with Gasteiger partial charge in [-0.15, -0.1) is 10.2 Å². The Morgan fingerprint density at radius 1 is 1.00 bits per heavy atom. The average molecular weight is 516 g/mol. The van der Waals surface area contributed by atoms with Crippen LogP contribution in [0.2, 0.25) is 0 Å². The summed E-state index contributed by atoms with van der Waals surface area (Å²) in [4.78, 5) is 24.8. The van der Waals surface area contributed by atoms with Gasteiger partial charge in [-0.05, 0) is 61.9 Å². The first kappa shape index (κ1) is 25.6. The molecule has 3 aromatic carbocycles. The summed E-state index contributed by atoms with van der Waals surface area (Å²) in [6.07, 6.45) is 1.48. The van der Waals surface area contributed by atoms with E-state index < -0.39 is 5.97 Å². The van der Waals surface area contributed by atoms with Crippen molar-refractivity contribution in [3.63, 3.8) is 0 Å². The van der Waals surface area contributed by atoms with Gasteiger partial charge in [-0.2, -0.15) is 5.10 Å². The third-order valence-electron chi connectivity index (χ3n) is 5.22. The number of methoxy groups -OCH3 is 1. The van der Waals surface area contributed by atoms with Crippen molar-refractivity contribution in [2.45, 2.75) is 19.0 Å². The molecule has 0 fully saturated rings. The maximum atomic E-state index is 12.4. The number of aromatic nitrogens is 3. The molecule has 1 amide bonds. The fourth-order valence-electron chi connectivity index (χ4n) is 3.35. The maximum absolute atomic E-state index is 12.4. The van der Waals surface area contributed by atoms with Crippen molar-refractivity contribution < 1.29 is 19.1 Å². The molecule has 0 aliphatic heterocycles. The first-order valence-corrected chi connectivity index (χ1v) is 12.3. The number of carbonyl (C=O) groups is 2. The molecule has 0 spiro atoms. The lowest BCUT2D eigenvalue weighted by Gasteiger charge is -2.10. The van der Waals surface area contributed by atoms with Gasteiger partial charge in [-0.1, -0.05) is 47.7 Å². The number of rotatable bonds is 9. The number of para-hydroxylation sites is 1. The van der Waals surface area contributed by atoms with E-state index in [0.29, 0.717) is 22.0 Å². The number of amides is 1. The van der Waals surface area contributed by atoms with E-state index >= 15 is 0 Å². The van der Waals surface area contributed by atoms with Crippen molar-refractivity contribution in [2.75, 3.05) is 12.9 Å². The Bertz CT molecular complexity index is 1420. The number of hydrazone groups is 1. The van der Waals surface area contributed by atoms with Gasteiger partial charge in [0, 0.05) is 5.69 Å². The number of nitrogens with one attached hydrogen (secondary N) is 1. The van der Waals surface area contributed by atoms with Crippen LogP contribution in [-0.2, 0) is 4.79 Å². The van der Waals surface area contributed by atoms with Crippen molar-refractivity contribution in [3.8, 4) is 17.2 Å². The van der Waals surface area contributed by atoms with Crippen LogP contribution >= 0.6 is 11.8 Å². The predicted molar refractivity (Wildman–Crippen MR) is 142 cm³/mol. The van der Waals surface area contributed by atoms with Crippen LogP contribution in [0.1, 0.15) is 27.3 Å². The van der Waals surface area contributed by atoms with Gasteiger partial charge in [-0.3, -0.25) is 9.36 Å². The topological polar surface area (TPSA) is 108 Å². The number of ether oxygens (including phenoxy) is 2. The summed E-state index contributed by atoms with van der Waals surface area (Å²) in [5.74, 6) is 0.707. The maximum Gasteiger partial charge on any atom is 0.343 e. The molecule has 0 unspecified atom stereocenters. The summed E-state index contributed by atoms with van der Waals surface area (Å²) >= 11 is 1.26. The number of thioether (sulfide) groups is 1. The number of hydrogen-bond acceptors (Lipinski definition) is 8. The summed E-state index contributed by atoms with van der Waals surface area (Å²) in [5, 5.41) is 12.9. The summed E-state index contributed by atoms with van der Waals surface area (Å²) in [6.45, 7) is 3.80. The molecule has 37 heavy (non-hydrogen) atoms. The number of hydrogen-bond donors (Lipinski definition) is 1. The van der Waals surface area contributed by atoms with Crippen LogP contribution in [0.4, 0.5) is 0 Å². The van der Waals surface area contributed by atoms with E-state index in [1.165, 1.54) is 25.1 Å². The van der Waals surface area contributed by atoms with Crippen LogP contribution in [-0.4, -0.2) is 45.7 Å². The SMILES string of the molecule is COc1cc(/C=N/NC(=O)CSc2nnc(C)n2-c2ccccc2)ccc1OC(=O)c1ccc(C)cc1. The highest BCUT2D eigenvalue weighted by atomic mass is 32.2. The zero-order valence-corrected chi connectivity index (χ0v) is 21.4. The molecule has 10 heteroatoms. The molecule has 0 aliphatic rings. The Morgan fingerprint density at radius 2 is 1.76 bits per heavy atom. The zero-order valence-electron chi connectivity index (χ0n) is 20.5.